The second-order valence-corrected chi connectivity index (χ2v) is 44.7. The van der Waals surface area contributed by atoms with Crippen LogP contribution in [0.2, 0.25) is 0 Å². The molecule has 0 aromatic rings. The molecule has 8 aliphatic heterocycles. The van der Waals surface area contributed by atoms with E-state index in [2.05, 4.69) is 84.8 Å². The van der Waals surface area contributed by atoms with Crippen molar-refractivity contribution in [3.63, 3.8) is 0 Å². The summed E-state index contributed by atoms with van der Waals surface area (Å²) >= 11 is 0. The van der Waals surface area contributed by atoms with Crippen molar-refractivity contribution in [2.45, 2.75) is 425 Å². The molecule has 8 fully saturated rings. The van der Waals surface area contributed by atoms with E-state index >= 15 is 38.4 Å². The molecule has 672 valence electrons. The van der Waals surface area contributed by atoms with Crippen LogP contribution in [0.25, 0.3) is 0 Å². The van der Waals surface area contributed by atoms with Gasteiger partial charge < -0.3 is 56.8 Å². The Labute approximate surface area is 703 Å². The Morgan fingerprint density at radius 1 is 0.291 bits per heavy atom. The summed E-state index contributed by atoms with van der Waals surface area (Å²) in [6, 6.07) is 0. The minimum absolute atomic E-state index is 0.0306. The summed E-state index contributed by atoms with van der Waals surface area (Å²) < 4.78 is 78.8. The van der Waals surface area contributed by atoms with Crippen LogP contribution in [0, 0.1) is 39.9 Å². The number of carbonyl (C=O) groups is 8. The smallest absolute Gasteiger partial charge is 0.336 e. The maximum atomic E-state index is 16.2. The fraction of sp³-hybridized carbons (Fsp3) is 0.912. The number of hydrogen-bond donors (Lipinski definition) is 0. The van der Waals surface area contributed by atoms with Crippen molar-refractivity contribution in [3.05, 3.63) is 0 Å². The molecule has 8 aliphatic rings. The first-order valence-corrected chi connectivity index (χ1v) is 43.7. The van der Waals surface area contributed by atoms with Crippen LogP contribution in [-0.2, 0) is 95.2 Å². The Morgan fingerprint density at radius 3 is 0.615 bits per heavy atom. The lowest BCUT2D eigenvalue weighted by atomic mass is 9.72. The maximum Gasteiger partial charge on any atom is 0.336 e. The lowest BCUT2D eigenvalue weighted by Crippen LogP contribution is -2.64. The Kier molecular flexibility index (Phi) is 28.5. The molecule has 6 unspecified atom stereocenters. The molecule has 0 bridgehead atoms. The van der Waals surface area contributed by atoms with E-state index < -0.39 is 216 Å². The van der Waals surface area contributed by atoms with Gasteiger partial charge in [-0.05, 0) is 235 Å². The molecule has 0 N–H and O–H groups in total. The number of esters is 8. The second-order valence-electron chi connectivity index (χ2n) is 44.7. The van der Waals surface area contributed by atoms with E-state index in [1.807, 2.05) is 153 Å². The molecule has 1 spiro atoms. The molecular weight excluding hydrogens is 1500 g/mol. The summed E-state index contributed by atoms with van der Waals surface area (Å²) in [5, 5.41) is 0. The predicted molar refractivity (Wildman–Crippen MR) is 446 cm³/mol. The van der Waals surface area contributed by atoms with Crippen molar-refractivity contribution in [2.24, 2.45) is 39.9 Å². The van der Waals surface area contributed by atoms with Gasteiger partial charge in [-0.25, -0.2) is 0 Å². The summed E-state index contributed by atoms with van der Waals surface area (Å²) in [5.74, 6) is -14.6. The lowest BCUT2D eigenvalue weighted by Gasteiger charge is -2.54. The molecular formula is C91H158N6O20. The van der Waals surface area contributed by atoms with Crippen LogP contribution in [0.4, 0.5) is 0 Å². The van der Waals surface area contributed by atoms with E-state index in [-0.39, 0.29) is 39.3 Å². The molecule has 26 nitrogen and oxygen atoms in total. The van der Waals surface area contributed by atoms with Crippen molar-refractivity contribution in [2.75, 3.05) is 68.7 Å². The van der Waals surface area contributed by atoms with Gasteiger partial charge in [0.25, 0.3) is 10.8 Å². The summed E-state index contributed by atoms with van der Waals surface area (Å²) in [5.41, 5.74) is -12.7. The van der Waals surface area contributed by atoms with E-state index in [4.69, 9.17) is 56.8 Å². The highest BCUT2D eigenvalue weighted by Crippen LogP contribution is 2.51. The van der Waals surface area contributed by atoms with Crippen molar-refractivity contribution in [1.82, 2.24) is 29.4 Å². The zero-order chi connectivity index (χ0) is 88.9. The third-order valence-electron chi connectivity index (χ3n) is 30.8. The van der Waals surface area contributed by atoms with E-state index in [0.29, 0.717) is 77.0 Å². The zero-order valence-electron chi connectivity index (χ0n) is 79.2. The Bertz CT molecular complexity index is 3130. The van der Waals surface area contributed by atoms with Crippen LogP contribution >= 0.6 is 0 Å². The number of likely N-dealkylation sites (tertiary alicyclic amines) is 6. The molecule has 0 radical (unpaired) electrons. The largest absolute Gasteiger partial charge is 0.462 e. The first kappa shape index (κ1) is 97.8. The molecule has 8 rings (SSSR count). The molecule has 0 aromatic heterocycles. The number of nitrogens with zero attached hydrogens (tertiary/aromatic N) is 6. The van der Waals surface area contributed by atoms with Crippen LogP contribution in [-0.4, -0.2) is 274 Å². The number of hydrogen-bond acceptors (Lipinski definition) is 26. The van der Waals surface area contributed by atoms with Gasteiger partial charge in [-0.2, -0.15) is 0 Å². The van der Waals surface area contributed by atoms with Crippen molar-refractivity contribution < 1.29 is 95.2 Å². The molecule has 0 aliphatic carbocycles. The zero-order valence-corrected chi connectivity index (χ0v) is 79.2. The molecule has 117 heavy (non-hydrogen) atoms. The first-order valence-electron chi connectivity index (χ1n) is 43.7. The third kappa shape index (κ3) is 19.8. The molecule has 0 saturated carbocycles. The molecule has 6 atom stereocenters. The SMILES string of the molecule is CCC(C(=O)OC1CC(C)(C)N(C)C(C)(C)C1)C(C(=O)OC1CC(C)(C)N(C)C(C)(C)C1)(C(=O)OC1CC(C)(C)N(C)C(C)(C)C1)C(=O)OC(C)C(C)C1OCC2(CO1)COC(C(C)C(C)OC(=O)C(C(=O)OC1CC(C)(C)N(C)C(C)(C)C1)(C(=O)OC1CC(C)(C)N(C)C(C)(C)C1)C(CC)C(=O)OC1CC(C)(C)N(C)C(C)(C)C1)OC2. The van der Waals surface area contributed by atoms with Crippen molar-refractivity contribution in [1.29, 1.82) is 0 Å². The lowest BCUT2D eigenvalue weighted by molar-refractivity contribution is -0.323. The van der Waals surface area contributed by atoms with Gasteiger partial charge in [0.1, 0.15) is 48.8 Å². The third-order valence-corrected chi connectivity index (χ3v) is 30.8. The average molecular weight is 1660 g/mol. The maximum absolute atomic E-state index is 16.2. The van der Waals surface area contributed by atoms with Crippen LogP contribution < -0.4 is 0 Å². The van der Waals surface area contributed by atoms with E-state index in [0.717, 1.165) is 0 Å². The van der Waals surface area contributed by atoms with Gasteiger partial charge in [-0.1, -0.05) is 27.7 Å². The number of ether oxygens (including phenoxy) is 12. The average Bonchev–Trinajstić information content (AvgIpc) is 0.737. The van der Waals surface area contributed by atoms with E-state index in [9.17, 15) is 0 Å². The van der Waals surface area contributed by atoms with Gasteiger partial charge >= 0.3 is 47.8 Å². The Balaban J connectivity index is 1.06. The molecule has 0 amide bonds. The summed E-state index contributed by atoms with van der Waals surface area (Å²) in [7, 11) is 12.1. The first-order chi connectivity index (χ1) is 53.1. The predicted octanol–water partition coefficient (Wildman–Crippen LogP) is 13.0. The van der Waals surface area contributed by atoms with Crippen molar-refractivity contribution in [3.8, 4) is 0 Å². The van der Waals surface area contributed by atoms with Crippen LogP contribution in [0.1, 0.15) is 298 Å². The highest BCUT2D eigenvalue weighted by atomic mass is 16.7. The van der Waals surface area contributed by atoms with Crippen LogP contribution in [0.3, 0.4) is 0 Å². The number of carbonyl (C=O) groups excluding carboxylic acids is 8. The van der Waals surface area contributed by atoms with E-state index in [1.165, 1.54) is 0 Å². The van der Waals surface area contributed by atoms with Gasteiger partial charge in [-0.15, -0.1) is 0 Å². The minimum atomic E-state index is -3.03. The molecule has 0 aromatic carbocycles. The number of rotatable bonds is 24. The monoisotopic (exact) mass is 1660 g/mol. The Hall–Kier alpha value is -4.64. The van der Waals surface area contributed by atoms with Gasteiger partial charge in [0.05, 0.1) is 43.7 Å². The highest BCUT2D eigenvalue weighted by Gasteiger charge is 2.70. The standard InChI is InChI=1S/C91H158N6O20/c1-37-65(67(98)112-59-39-77(7,8)92(31)78(9,10)40-59)90(73(102)114-61-43-81(15,16)94(33)82(17,18)44-61,74(103)115-62-45-83(19,20)95(34)84(21,22)46-62)71(100)110-57(5)55(3)69-106-51-89(52-107-69)53-108-70(109-54-89)56(4)58(6)111-72(101)91(75(104)116-63-47-85(23,24)96(35)86(25,26)48-63,76(105)117-64-49-87(27,28)97(36)88(29,30)50-64)66(38-2)68(99)113-60-41-79(11,12)93(32)80(13,14)42-60/h55-66,69-70H,37-54H2,1-36H3. The van der Waals surface area contributed by atoms with Gasteiger partial charge in [0.2, 0.25) is 0 Å². The highest BCUT2D eigenvalue weighted by molar-refractivity contribution is 6.21. The van der Waals surface area contributed by atoms with Gasteiger partial charge in [0, 0.05) is 155 Å². The van der Waals surface area contributed by atoms with Crippen LogP contribution in [0.5, 0.6) is 0 Å². The summed E-state index contributed by atoms with van der Waals surface area (Å²) in [6.07, 6.45) is -4.81. The van der Waals surface area contributed by atoms with Gasteiger partial charge in [-0.3, -0.25) is 67.8 Å². The molecule has 26 heteroatoms. The topological polar surface area (TPSA) is 267 Å². The molecule has 8 saturated heterocycles. The Morgan fingerprint density at radius 2 is 0.453 bits per heavy atom. The second kappa shape index (κ2) is 34.1. The fourth-order valence-electron chi connectivity index (χ4n) is 21.5. The summed E-state index contributed by atoms with van der Waals surface area (Å²) in [6.45, 7) is 59.5. The van der Waals surface area contributed by atoms with Crippen LogP contribution in [0.15, 0.2) is 0 Å². The minimum Gasteiger partial charge on any atom is -0.462 e. The summed E-state index contributed by atoms with van der Waals surface area (Å²) in [4.78, 5) is 141. The normalized spacial score (nSPS) is 29.6. The number of piperidine rings is 6. The fourth-order valence-corrected chi connectivity index (χ4v) is 21.5. The van der Waals surface area contributed by atoms with Gasteiger partial charge in [0.15, 0.2) is 12.6 Å². The van der Waals surface area contributed by atoms with Crippen molar-refractivity contribution >= 4 is 47.8 Å². The quantitative estimate of drug-likeness (QED) is 0.0493. The molecule has 8 heterocycles. The van der Waals surface area contributed by atoms with E-state index in [1.54, 1.807) is 41.5 Å².